The van der Waals surface area contributed by atoms with Gasteiger partial charge in [0.15, 0.2) is 12.1 Å². The Kier molecular flexibility index (Phi) is 6.01. The number of hydrogen-bond donors (Lipinski definition) is 4. The molecule has 3 rings (SSSR count). The molecule has 0 aliphatic heterocycles. The smallest absolute Gasteiger partial charge is 0.267 e. The average molecular weight is 398 g/mol. The molecule has 9 heteroatoms. The molecule has 1 heterocycles. The number of primary amides is 1. The Balaban J connectivity index is 1.85. The van der Waals surface area contributed by atoms with Crippen molar-refractivity contribution in [3.63, 3.8) is 0 Å². The van der Waals surface area contributed by atoms with Gasteiger partial charge in [0.1, 0.15) is 28.8 Å². The maximum atomic E-state index is 13.0. The number of aromatic nitrogens is 2. The minimum Gasteiger partial charge on any atom is -0.457 e. The Morgan fingerprint density at radius 2 is 1.66 bits per heavy atom. The molecule has 0 aliphatic rings. The van der Waals surface area contributed by atoms with Gasteiger partial charge in [-0.05, 0) is 55.5 Å². The minimum absolute atomic E-state index is 0.0243. The van der Waals surface area contributed by atoms with E-state index in [4.69, 9.17) is 10.5 Å². The molecule has 0 saturated heterocycles. The number of nitrogens with zero attached hydrogens (tertiary/aromatic N) is 2. The van der Waals surface area contributed by atoms with Crippen LogP contribution in [0.2, 0.25) is 0 Å². The van der Waals surface area contributed by atoms with E-state index in [2.05, 4.69) is 15.3 Å². The van der Waals surface area contributed by atoms with Gasteiger partial charge in [-0.3, -0.25) is 4.79 Å². The Labute approximate surface area is 165 Å². The van der Waals surface area contributed by atoms with E-state index in [1.165, 1.54) is 37.3 Å². The lowest BCUT2D eigenvalue weighted by molar-refractivity contribution is -0.0492. The van der Waals surface area contributed by atoms with Gasteiger partial charge in [-0.1, -0.05) is 0 Å². The van der Waals surface area contributed by atoms with Crippen molar-refractivity contribution in [1.82, 2.24) is 9.97 Å². The van der Waals surface area contributed by atoms with Crippen LogP contribution >= 0.6 is 0 Å². The second-order valence-corrected chi connectivity index (χ2v) is 6.25. The van der Waals surface area contributed by atoms with Gasteiger partial charge in [0.2, 0.25) is 0 Å². The summed E-state index contributed by atoms with van der Waals surface area (Å²) in [5.74, 6) is 0.334. The van der Waals surface area contributed by atoms with Gasteiger partial charge < -0.3 is 26.0 Å². The topological polar surface area (TPSA) is 131 Å². The van der Waals surface area contributed by atoms with Crippen molar-refractivity contribution in [2.75, 3.05) is 5.32 Å². The summed E-state index contributed by atoms with van der Waals surface area (Å²) in [5.41, 5.74) is 5.90. The number of benzene rings is 2. The van der Waals surface area contributed by atoms with Crippen molar-refractivity contribution < 1.29 is 24.1 Å². The number of anilines is 1. The van der Waals surface area contributed by atoms with Gasteiger partial charge in [-0.25, -0.2) is 14.4 Å². The summed E-state index contributed by atoms with van der Waals surface area (Å²) in [6, 6.07) is 12.9. The largest absolute Gasteiger partial charge is 0.457 e. The number of nitrogens with one attached hydrogen (secondary N) is 1. The van der Waals surface area contributed by atoms with Crippen molar-refractivity contribution in [3.8, 4) is 22.9 Å². The van der Waals surface area contributed by atoms with Gasteiger partial charge in [-0.15, -0.1) is 0 Å². The standard InChI is InChI=1S/C20H19FN4O4/c1-11(20(27)28)23-17-10-16(18(22)26)24-19(25-17)12-2-6-14(7-3-12)29-15-8-4-13(21)5-9-15/h2-11,20,27-28H,1H3,(H2,22,26)(H,23,24,25)/t11-/m0/s1. The second-order valence-electron chi connectivity index (χ2n) is 6.25. The third-order valence-electron chi connectivity index (χ3n) is 3.96. The zero-order valence-electron chi connectivity index (χ0n) is 15.4. The lowest BCUT2D eigenvalue weighted by Crippen LogP contribution is -2.30. The maximum absolute atomic E-state index is 13.0. The van der Waals surface area contributed by atoms with Gasteiger partial charge in [0.25, 0.3) is 5.91 Å². The molecule has 8 nitrogen and oxygen atoms in total. The van der Waals surface area contributed by atoms with E-state index in [0.29, 0.717) is 17.1 Å². The van der Waals surface area contributed by atoms with Crippen LogP contribution in [0.3, 0.4) is 0 Å². The molecule has 0 aliphatic carbocycles. The number of nitrogens with two attached hydrogens (primary N) is 1. The lowest BCUT2D eigenvalue weighted by atomic mass is 10.2. The first-order chi connectivity index (χ1) is 13.8. The van der Waals surface area contributed by atoms with Crippen LogP contribution in [0.1, 0.15) is 17.4 Å². The fraction of sp³-hybridized carbons (Fsp3) is 0.150. The predicted molar refractivity (Wildman–Crippen MR) is 104 cm³/mol. The molecule has 150 valence electrons. The molecule has 0 radical (unpaired) electrons. The first kappa shape index (κ1) is 20.2. The van der Waals surface area contributed by atoms with Gasteiger partial charge >= 0.3 is 0 Å². The molecule has 3 aromatic rings. The van der Waals surface area contributed by atoms with Crippen molar-refractivity contribution >= 4 is 11.7 Å². The Hall–Kier alpha value is -3.56. The molecular weight excluding hydrogens is 379 g/mol. The van der Waals surface area contributed by atoms with Crippen LogP contribution in [0.4, 0.5) is 10.2 Å². The first-order valence-electron chi connectivity index (χ1n) is 8.67. The molecule has 0 unspecified atom stereocenters. The molecule has 1 atom stereocenters. The highest BCUT2D eigenvalue weighted by Gasteiger charge is 2.15. The third-order valence-corrected chi connectivity index (χ3v) is 3.96. The Morgan fingerprint density at radius 1 is 1.07 bits per heavy atom. The highest BCUT2D eigenvalue weighted by Crippen LogP contribution is 2.25. The summed E-state index contributed by atoms with van der Waals surface area (Å²) in [4.78, 5) is 20.0. The zero-order chi connectivity index (χ0) is 21.0. The summed E-state index contributed by atoms with van der Waals surface area (Å²) in [7, 11) is 0. The summed E-state index contributed by atoms with van der Waals surface area (Å²) in [5, 5.41) is 21.3. The van der Waals surface area contributed by atoms with Gasteiger partial charge in [0.05, 0.1) is 6.04 Å². The monoisotopic (exact) mass is 398 g/mol. The fourth-order valence-electron chi connectivity index (χ4n) is 2.40. The number of rotatable bonds is 7. The van der Waals surface area contributed by atoms with E-state index in [-0.39, 0.29) is 23.2 Å². The van der Waals surface area contributed by atoms with E-state index in [1.54, 1.807) is 24.3 Å². The molecule has 1 aromatic heterocycles. The van der Waals surface area contributed by atoms with Crippen LogP contribution in [-0.2, 0) is 0 Å². The number of aliphatic hydroxyl groups excluding tert-OH is 1. The van der Waals surface area contributed by atoms with Crippen LogP contribution in [0, 0.1) is 5.82 Å². The number of aliphatic hydroxyl groups is 2. The highest BCUT2D eigenvalue weighted by molar-refractivity contribution is 5.92. The van der Waals surface area contributed by atoms with E-state index in [9.17, 15) is 19.4 Å². The molecule has 0 bridgehead atoms. The van der Waals surface area contributed by atoms with Crippen molar-refractivity contribution in [2.45, 2.75) is 19.3 Å². The van der Waals surface area contributed by atoms with E-state index >= 15 is 0 Å². The van der Waals surface area contributed by atoms with Crippen LogP contribution in [0.15, 0.2) is 54.6 Å². The van der Waals surface area contributed by atoms with Crippen LogP contribution in [0.25, 0.3) is 11.4 Å². The second kappa shape index (κ2) is 8.63. The average Bonchev–Trinajstić information content (AvgIpc) is 2.70. The molecule has 2 aromatic carbocycles. The number of carbonyl (C=O) groups is 1. The van der Waals surface area contributed by atoms with Gasteiger partial charge in [-0.2, -0.15) is 0 Å². The molecular formula is C20H19FN4O4. The van der Waals surface area contributed by atoms with Gasteiger partial charge in [0, 0.05) is 11.6 Å². The first-order valence-corrected chi connectivity index (χ1v) is 8.67. The van der Waals surface area contributed by atoms with E-state index in [1.807, 2.05) is 0 Å². The minimum atomic E-state index is -1.62. The fourth-order valence-corrected chi connectivity index (χ4v) is 2.40. The third kappa shape index (κ3) is 5.24. The maximum Gasteiger partial charge on any atom is 0.267 e. The molecule has 0 fully saturated rings. The Morgan fingerprint density at radius 3 is 2.21 bits per heavy atom. The Bertz CT molecular complexity index is 994. The summed E-state index contributed by atoms with van der Waals surface area (Å²) in [6.45, 7) is 1.54. The van der Waals surface area contributed by atoms with E-state index < -0.39 is 18.2 Å². The normalized spacial score (nSPS) is 11.9. The molecule has 5 N–H and O–H groups in total. The summed E-state index contributed by atoms with van der Waals surface area (Å²) < 4.78 is 18.6. The molecule has 29 heavy (non-hydrogen) atoms. The number of hydrogen-bond acceptors (Lipinski definition) is 7. The highest BCUT2D eigenvalue weighted by atomic mass is 19.1. The molecule has 1 amide bonds. The lowest BCUT2D eigenvalue weighted by Gasteiger charge is -2.17. The number of amides is 1. The summed E-state index contributed by atoms with van der Waals surface area (Å²) in [6.07, 6.45) is -1.62. The van der Waals surface area contributed by atoms with Crippen LogP contribution in [0.5, 0.6) is 11.5 Å². The predicted octanol–water partition coefficient (Wildman–Crippen LogP) is 2.29. The molecule has 0 saturated carbocycles. The number of carbonyl (C=O) groups excluding carboxylic acids is 1. The zero-order valence-corrected chi connectivity index (χ0v) is 15.4. The summed E-state index contributed by atoms with van der Waals surface area (Å²) >= 11 is 0. The van der Waals surface area contributed by atoms with Crippen molar-refractivity contribution in [2.24, 2.45) is 5.73 Å². The van der Waals surface area contributed by atoms with Crippen LogP contribution in [-0.4, -0.2) is 38.4 Å². The van der Waals surface area contributed by atoms with Crippen molar-refractivity contribution in [3.05, 3.63) is 66.1 Å². The van der Waals surface area contributed by atoms with Crippen molar-refractivity contribution in [1.29, 1.82) is 0 Å². The number of ether oxygens (including phenoxy) is 1. The van der Waals surface area contributed by atoms with E-state index in [0.717, 1.165) is 0 Å². The number of halogens is 1. The quantitative estimate of drug-likeness (QED) is 0.449. The van der Waals surface area contributed by atoms with Crippen LogP contribution < -0.4 is 15.8 Å². The SMILES string of the molecule is C[C@H](Nc1cc(C(N)=O)nc(-c2ccc(Oc3ccc(F)cc3)cc2)n1)C(O)O. The molecule has 0 spiro atoms.